The van der Waals surface area contributed by atoms with Gasteiger partial charge in [-0.2, -0.15) is 0 Å². The lowest BCUT2D eigenvalue weighted by atomic mass is 9.98. The van der Waals surface area contributed by atoms with E-state index in [1.165, 1.54) is 71.6 Å². The van der Waals surface area contributed by atoms with Crippen LogP contribution < -0.4 is 0 Å². The van der Waals surface area contributed by atoms with Gasteiger partial charge in [0, 0.05) is 39.8 Å². The van der Waals surface area contributed by atoms with Gasteiger partial charge in [0.2, 0.25) is 0 Å². The molecule has 190 valence electrons. The normalized spacial score (nSPS) is 11.7. The fourth-order valence-electron chi connectivity index (χ4n) is 6.41. The molecule has 40 heavy (non-hydrogen) atoms. The number of para-hydroxylation sites is 2. The average molecular weight is 513 g/mol. The third-order valence-corrected chi connectivity index (χ3v) is 8.34. The molecular weight excluding hydrogens is 484 g/mol. The standard InChI is InChI=1S/C38H28N2/c1-39-35-21-18-29(28-13-9-12-27(23-28)22-26-10-3-2-4-11-26)24-34(35)33-20-19-30(25-38(33)39)40-36-16-7-5-14-31(36)32-15-6-8-17-37(32)40/h2-21,23-25H,22H2,1H3. The molecule has 0 spiro atoms. The minimum atomic E-state index is 0.941. The minimum absolute atomic E-state index is 0.941. The number of aromatic nitrogens is 2. The van der Waals surface area contributed by atoms with Crippen LogP contribution in [-0.4, -0.2) is 9.13 Å². The van der Waals surface area contributed by atoms with Crippen molar-refractivity contribution in [3.63, 3.8) is 0 Å². The number of aryl methyl sites for hydroxylation is 1. The number of fused-ring (bicyclic) bond motifs is 6. The Labute approximate surface area is 233 Å². The van der Waals surface area contributed by atoms with Crippen LogP contribution in [0.15, 0.2) is 140 Å². The van der Waals surface area contributed by atoms with Crippen molar-refractivity contribution in [1.29, 1.82) is 0 Å². The molecule has 0 aliphatic carbocycles. The van der Waals surface area contributed by atoms with Gasteiger partial charge < -0.3 is 9.13 Å². The summed E-state index contributed by atoms with van der Waals surface area (Å²) in [5.74, 6) is 0. The van der Waals surface area contributed by atoms with Crippen molar-refractivity contribution in [2.75, 3.05) is 0 Å². The Hall–Kier alpha value is -5.08. The molecule has 0 radical (unpaired) electrons. The molecule has 0 saturated heterocycles. The van der Waals surface area contributed by atoms with E-state index < -0.39 is 0 Å². The van der Waals surface area contributed by atoms with Gasteiger partial charge in [0.15, 0.2) is 0 Å². The Morgan fingerprint density at radius 1 is 0.425 bits per heavy atom. The number of nitrogens with zero attached hydrogens (tertiary/aromatic N) is 2. The van der Waals surface area contributed by atoms with E-state index in [1.54, 1.807) is 0 Å². The molecule has 0 atom stereocenters. The minimum Gasteiger partial charge on any atom is -0.344 e. The third kappa shape index (κ3) is 3.57. The molecule has 0 N–H and O–H groups in total. The van der Waals surface area contributed by atoms with Crippen molar-refractivity contribution in [1.82, 2.24) is 9.13 Å². The molecule has 0 fully saturated rings. The van der Waals surface area contributed by atoms with Crippen LogP contribution in [0.3, 0.4) is 0 Å². The maximum Gasteiger partial charge on any atom is 0.0541 e. The lowest BCUT2D eigenvalue weighted by Gasteiger charge is -2.09. The summed E-state index contributed by atoms with van der Waals surface area (Å²) in [6, 6.07) is 50.9. The first-order valence-corrected chi connectivity index (χ1v) is 13.9. The van der Waals surface area contributed by atoms with Crippen molar-refractivity contribution >= 4 is 43.6 Å². The number of benzene rings is 6. The van der Waals surface area contributed by atoms with E-state index in [2.05, 4.69) is 156 Å². The zero-order valence-corrected chi connectivity index (χ0v) is 22.4. The Morgan fingerprint density at radius 3 is 1.85 bits per heavy atom. The quantitative estimate of drug-likeness (QED) is 0.222. The molecule has 2 nitrogen and oxygen atoms in total. The number of hydrogen-bond donors (Lipinski definition) is 0. The summed E-state index contributed by atoms with van der Waals surface area (Å²) in [5, 5.41) is 5.14. The Kier molecular flexibility index (Phi) is 5.14. The lowest BCUT2D eigenvalue weighted by Crippen LogP contribution is -1.94. The maximum absolute atomic E-state index is 2.39. The molecule has 0 saturated carbocycles. The van der Waals surface area contributed by atoms with E-state index in [0.29, 0.717) is 0 Å². The molecule has 0 bridgehead atoms. The van der Waals surface area contributed by atoms with Crippen LogP contribution in [0.25, 0.3) is 60.4 Å². The van der Waals surface area contributed by atoms with E-state index in [4.69, 9.17) is 0 Å². The Balaban J connectivity index is 1.25. The molecule has 2 heteroatoms. The summed E-state index contributed by atoms with van der Waals surface area (Å²) in [7, 11) is 2.18. The Morgan fingerprint density at radius 2 is 1.07 bits per heavy atom. The monoisotopic (exact) mass is 512 g/mol. The number of rotatable bonds is 4. The van der Waals surface area contributed by atoms with Gasteiger partial charge in [0.25, 0.3) is 0 Å². The second-order valence-electron chi connectivity index (χ2n) is 10.7. The molecule has 2 heterocycles. The zero-order chi connectivity index (χ0) is 26.6. The third-order valence-electron chi connectivity index (χ3n) is 8.34. The highest BCUT2D eigenvalue weighted by Gasteiger charge is 2.15. The predicted molar refractivity (Wildman–Crippen MR) is 169 cm³/mol. The second-order valence-corrected chi connectivity index (χ2v) is 10.7. The van der Waals surface area contributed by atoms with Gasteiger partial charge in [-0.15, -0.1) is 0 Å². The SMILES string of the molecule is Cn1c2ccc(-c3cccc(Cc4ccccc4)c3)cc2c2ccc(-n3c4ccccc4c4ccccc43)cc21. The van der Waals surface area contributed by atoms with E-state index in [1.807, 2.05) is 0 Å². The van der Waals surface area contributed by atoms with Gasteiger partial charge in [-0.25, -0.2) is 0 Å². The van der Waals surface area contributed by atoms with Crippen LogP contribution >= 0.6 is 0 Å². The van der Waals surface area contributed by atoms with Crippen molar-refractivity contribution in [2.45, 2.75) is 6.42 Å². The molecule has 8 aromatic rings. The Bertz CT molecular complexity index is 2140. The highest BCUT2D eigenvalue weighted by Crippen LogP contribution is 2.36. The van der Waals surface area contributed by atoms with Gasteiger partial charge in [-0.05, 0) is 65.1 Å². The van der Waals surface area contributed by atoms with E-state index >= 15 is 0 Å². The van der Waals surface area contributed by atoms with Crippen LogP contribution in [-0.2, 0) is 13.5 Å². The smallest absolute Gasteiger partial charge is 0.0541 e. The summed E-state index contributed by atoms with van der Waals surface area (Å²) in [6.07, 6.45) is 0.941. The summed E-state index contributed by atoms with van der Waals surface area (Å²) in [4.78, 5) is 0. The van der Waals surface area contributed by atoms with Crippen LogP contribution in [0.1, 0.15) is 11.1 Å². The molecule has 0 aliphatic rings. The summed E-state index contributed by atoms with van der Waals surface area (Å²) in [6.45, 7) is 0. The van der Waals surface area contributed by atoms with Crippen molar-refractivity contribution in [2.24, 2.45) is 7.05 Å². The molecule has 6 aromatic carbocycles. The van der Waals surface area contributed by atoms with Crippen molar-refractivity contribution in [3.8, 4) is 16.8 Å². The molecule has 0 unspecified atom stereocenters. The predicted octanol–water partition coefficient (Wildman–Crippen LogP) is 9.69. The molecule has 0 aliphatic heterocycles. The van der Waals surface area contributed by atoms with E-state index in [9.17, 15) is 0 Å². The van der Waals surface area contributed by atoms with Gasteiger partial charge in [-0.3, -0.25) is 0 Å². The van der Waals surface area contributed by atoms with Gasteiger partial charge in [0.05, 0.1) is 16.6 Å². The fourth-order valence-corrected chi connectivity index (χ4v) is 6.41. The van der Waals surface area contributed by atoms with E-state index in [0.717, 1.165) is 6.42 Å². The maximum atomic E-state index is 2.39. The van der Waals surface area contributed by atoms with E-state index in [-0.39, 0.29) is 0 Å². The first-order valence-electron chi connectivity index (χ1n) is 13.9. The topological polar surface area (TPSA) is 9.86 Å². The molecule has 8 rings (SSSR count). The zero-order valence-electron chi connectivity index (χ0n) is 22.4. The van der Waals surface area contributed by atoms with Crippen LogP contribution in [0.5, 0.6) is 0 Å². The van der Waals surface area contributed by atoms with Crippen LogP contribution in [0, 0.1) is 0 Å². The van der Waals surface area contributed by atoms with Gasteiger partial charge >= 0.3 is 0 Å². The highest BCUT2D eigenvalue weighted by atomic mass is 15.0. The largest absolute Gasteiger partial charge is 0.344 e. The van der Waals surface area contributed by atoms with Crippen molar-refractivity contribution in [3.05, 3.63) is 151 Å². The van der Waals surface area contributed by atoms with Crippen LogP contribution in [0.2, 0.25) is 0 Å². The first-order chi connectivity index (χ1) is 19.7. The fraction of sp³-hybridized carbons (Fsp3) is 0.0526. The molecule has 0 amide bonds. The molecular formula is C38H28N2. The van der Waals surface area contributed by atoms with Crippen molar-refractivity contribution < 1.29 is 0 Å². The van der Waals surface area contributed by atoms with Gasteiger partial charge in [0.1, 0.15) is 0 Å². The summed E-state index contributed by atoms with van der Waals surface area (Å²) < 4.78 is 4.73. The molecule has 2 aromatic heterocycles. The second kappa shape index (κ2) is 9.00. The highest BCUT2D eigenvalue weighted by molar-refractivity contribution is 6.11. The summed E-state index contributed by atoms with van der Waals surface area (Å²) >= 11 is 0. The lowest BCUT2D eigenvalue weighted by molar-refractivity contribution is 1.01. The van der Waals surface area contributed by atoms with Crippen LogP contribution in [0.4, 0.5) is 0 Å². The average Bonchev–Trinajstić information content (AvgIpc) is 3.49. The first kappa shape index (κ1) is 22.9. The van der Waals surface area contributed by atoms with Gasteiger partial charge in [-0.1, -0.05) is 103 Å². The number of hydrogen-bond acceptors (Lipinski definition) is 0. The summed E-state index contributed by atoms with van der Waals surface area (Å²) in [5.41, 5.74) is 11.3.